The van der Waals surface area contributed by atoms with Gasteiger partial charge in [0.15, 0.2) is 0 Å². The Kier molecular flexibility index (Phi) is 3.03. The summed E-state index contributed by atoms with van der Waals surface area (Å²) >= 11 is 0. The van der Waals surface area contributed by atoms with E-state index >= 15 is 0 Å². The Hall–Kier alpha value is -2.16. The van der Waals surface area contributed by atoms with Gasteiger partial charge in [0.2, 0.25) is 0 Å². The number of fused-ring (bicyclic) bond motifs is 1. The molecule has 2 aromatic carbocycles. The fraction of sp³-hybridized carbons (Fsp3) is 0.188. The predicted octanol–water partition coefficient (Wildman–Crippen LogP) is 3.80. The van der Waals surface area contributed by atoms with E-state index in [2.05, 4.69) is 22.1 Å². The molecule has 1 aromatic heterocycles. The largest absolute Gasteiger partial charge is 0.345 e. The van der Waals surface area contributed by atoms with E-state index in [1.165, 1.54) is 5.56 Å². The van der Waals surface area contributed by atoms with Crippen molar-refractivity contribution in [3.05, 3.63) is 65.2 Å². The first-order valence-electron chi connectivity index (χ1n) is 6.40. The molecule has 19 heavy (non-hydrogen) atoms. The van der Waals surface area contributed by atoms with Crippen molar-refractivity contribution in [3.63, 3.8) is 0 Å². The van der Waals surface area contributed by atoms with Crippen LogP contribution in [0, 0.1) is 12.7 Å². The average molecular weight is 254 g/mol. The molecule has 0 spiro atoms. The number of imidazole rings is 1. The molecule has 1 N–H and O–H groups in total. The third-order valence-corrected chi connectivity index (χ3v) is 3.44. The molecule has 0 amide bonds. The maximum Gasteiger partial charge on any atom is 0.129 e. The van der Waals surface area contributed by atoms with Crippen molar-refractivity contribution in [2.24, 2.45) is 0 Å². The first-order valence-corrected chi connectivity index (χ1v) is 6.40. The molecule has 0 aliphatic carbocycles. The number of nitrogens with one attached hydrogen (secondary N) is 1. The zero-order valence-electron chi connectivity index (χ0n) is 10.8. The molecular weight excluding hydrogens is 239 g/mol. The van der Waals surface area contributed by atoms with Crippen LogP contribution in [0.4, 0.5) is 4.39 Å². The van der Waals surface area contributed by atoms with Gasteiger partial charge >= 0.3 is 0 Å². The highest BCUT2D eigenvalue weighted by molar-refractivity contribution is 5.75. The van der Waals surface area contributed by atoms with E-state index in [1.807, 2.05) is 18.2 Å². The summed E-state index contributed by atoms with van der Waals surface area (Å²) in [4.78, 5) is 7.28. The quantitative estimate of drug-likeness (QED) is 0.756. The van der Waals surface area contributed by atoms with Gasteiger partial charge in [0, 0.05) is 0 Å². The summed E-state index contributed by atoms with van der Waals surface area (Å²) in [6.07, 6.45) is 3.23. The molecule has 0 bridgehead atoms. The van der Waals surface area contributed by atoms with E-state index in [9.17, 15) is 4.39 Å². The lowest BCUT2D eigenvalue weighted by molar-refractivity contribution is 0.599. The summed E-state index contributed by atoms with van der Waals surface area (Å²) in [7, 11) is 0. The number of hydrogen-bond acceptors (Lipinski definition) is 1. The minimum atomic E-state index is -0.0786. The number of benzene rings is 2. The van der Waals surface area contributed by atoms with E-state index in [0.717, 1.165) is 23.0 Å². The van der Waals surface area contributed by atoms with E-state index in [0.29, 0.717) is 12.0 Å². The van der Waals surface area contributed by atoms with Gasteiger partial charge in [0.25, 0.3) is 0 Å². The van der Waals surface area contributed by atoms with Crippen molar-refractivity contribution in [2.45, 2.75) is 19.8 Å². The predicted molar refractivity (Wildman–Crippen MR) is 74.6 cm³/mol. The number of aryl methyl sites for hydroxylation is 3. The monoisotopic (exact) mass is 254 g/mol. The molecular formula is C16H15FN2. The second-order valence-electron chi connectivity index (χ2n) is 4.80. The highest BCUT2D eigenvalue weighted by Crippen LogP contribution is 2.17. The number of nitrogens with zero attached hydrogens (tertiary/aromatic N) is 1. The lowest BCUT2D eigenvalue weighted by Gasteiger charge is -2.05. The highest BCUT2D eigenvalue weighted by atomic mass is 19.1. The van der Waals surface area contributed by atoms with Crippen LogP contribution in [0.1, 0.15) is 16.7 Å². The van der Waals surface area contributed by atoms with Crippen LogP contribution in [0.25, 0.3) is 11.0 Å². The summed E-state index contributed by atoms with van der Waals surface area (Å²) < 4.78 is 13.9. The Morgan fingerprint density at radius 2 is 2.05 bits per heavy atom. The third kappa shape index (κ3) is 2.36. The maximum atomic E-state index is 13.9. The molecule has 0 saturated carbocycles. The topological polar surface area (TPSA) is 28.7 Å². The molecule has 3 aromatic rings. The van der Waals surface area contributed by atoms with Gasteiger partial charge in [-0.2, -0.15) is 0 Å². The molecule has 3 rings (SSSR count). The fourth-order valence-corrected chi connectivity index (χ4v) is 2.32. The van der Waals surface area contributed by atoms with Crippen molar-refractivity contribution in [1.82, 2.24) is 9.97 Å². The summed E-state index contributed by atoms with van der Waals surface area (Å²) in [5, 5.41) is 0. The summed E-state index contributed by atoms with van der Waals surface area (Å²) in [5.41, 5.74) is 4.68. The Balaban J connectivity index is 1.80. The smallest absolute Gasteiger partial charge is 0.129 e. The number of rotatable bonds is 3. The van der Waals surface area contributed by atoms with Gasteiger partial charge in [0.1, 0.15) is 5.82 Å². The normalized spacial score (nSPS) is 11.1. The number of H-pyrrole nitrogens is 1. The zero-order chi connectivity index (χ0) is 13.2. The number of aromatic amines is 1. The molecule has 0 unspecified atom stereocenters. The molecule has 0 atom stereocenters. The minimum Gasteiger partial charge on any atom is -0.345 e. The van der Waals surface area contributed by atoms with Gasteiger partial charge in [-0.05, 0) is 48.6 Å². The number of halogens is 1. The van der Waals surface area contributed by atoms with Gasteiger partial charge in [-0.15, -0.1) is 0 Å². The van der Waals surface area contributed by atoms with Crippen LogP contribution in [0.3, 0.4) is 0 Å². The van der Waals surface area contributed by atoms with E-state index in [4.69, 9.17) is 0 Å². The molecule has 0 saturated heterocycles. The van der Waals surface area contributed by atoms with E-state index < -0.39 is 0 Å². The van der Waals surface area contributed by atoms with Gasteiger partial charge in [0.05, 0.1) is 17.4 Å². The molecule has 0 fully saturated rings. The first-order chi connectivity index (χ1) is 9.24. The third-order valence-electron chi connectivity index (χ3n) is 3.44. The minimum absolute atomic E-state index is 0.0786. The lowest BCUT2D eigenvalue weighted by atomic mass is 10.0. The van der Waals surface area contributed by atoms with Crippen molar-refractivity contribution < 1.29 is 4.39 Å². The van der Waals surface area contributed by atoms with Crippen molar-refractivity contribution in [1.29, 1.82) is 0 Å². The molecule has 2 nitrogen and oxygen atoms in total. The van der Waals surface area contributed by atoms with Gasteiger partial charge in [-0.1, -0.05) is 24.3 Å². The van der Waals surface area contributed by atoms with Crippen LogP contribution in [-0.2, 0) is 12.8 Å². The van der Waals surface area contributed by atoms with Crippen LogP contribution < -0.4 is 0 Å². The van der Waals surface area contributed by atoms with Crippen LogP contribution in [0.5, 0.6) is 0 Å². The SMILES string of the molecule is Cc1cccc(CCc2ccc3nc[nH]c3c2)c1F. The van der Waals surface area contributed by atoms with E-state index in [1.54, 1.807) is 19.3 Å². The van der Waals surface area contributed by atoms with Crippen molar-refractivity contribution >= 4 is 11.0 Å². The molecule has 1 heterocycles. The summed E-state index contributed by atoms with van der Waals surface area (Å²) in [6.45, 7) is 1.80. The molecule has 0 radical (unpaired) electrons. The molecule has 96 valence electrons. The van der Waals surface area contributed by atoms with Crippen LogP contribution >= 0.6 is 0 Å². The van der Waals surface area contributed by atoms with Crippen molar-refractivity contribution in [2.75, 3.05) is 0 Å². The van der Waals surface area contributed by atoms with E-state index in [-0.39, 0.29) is 5.82 Å². The highest BCUT2D eigenvalue weighted by Gasteiger charge is 2.05. The Bertz CT molecular complexity index is 716. The van der Waals surface area contributed by atoms with Gasteiger partial charge < -0.3 is 4.98 Å². The fourth-order valence-electron chi connectivity index (χ4n) is 2.32. The first kappa shape index (κ1) is 11.9. The number of aromatic nitrogens is 2. The lowest BCUT2D eigenvalue weighted by Crippen LogP contribution is -1.96. The Morgan fingerprint density at radius 1 is 1.16 bits per heavy atom. The molecule has 0 aliphatic heterocycles. The summed E-state index contributed by atoms with van der Waals surface area (Å²) in [5.74, 6) is -0.0786. The number of hydrogen-bond donors (Lipinski definition) is 1. The maximum absolute atomic E-state index is 13.9. The molecule has 3 heteroatoms. The second-order valence-corrected chi connectivity index (χ2v) is 4.80. The Morgan fingerprint density at radius 3 is 2.95 bits per heavy atom. The van der Waals surface area contributed by atoms with Gasteiger partial charge in [-0.25, -0.2) is 9.37 Å². The second kappa shape index (κ2) is 4.84. The average Bonchev–Trinajstić information content (AvgIpc) is 2.88. The molecule has 0 aliphatic rings. The zero-order valence-corrected chi connectivity index (χ0v) is 10.8. The van der Waals surface area contributed by atoms with Crippen LogP contribution in [-0.4, -0.2) is 9.97 Å². The van der Waals surface area contributed by atoms with Crippen LogP contribution in [0.2, 0.25) is 0 Å². The van der Waals surface area contributed by atoms with Crippen molar-refractivity contribution in [3.8, 4) is 0 Å². The van der Waals surface area contributed by atoms with Gasteiger partial charge in [-0.3, -0.25) is 0 Å². The standard InChI is InChI=1S/C16H15FN2/c1-11-3-2-4-13(16(11)17)7-5-12-6-8-14-15(9-12)19-10-18-14/h2-4,6,8-10H,5,7H2,1H3,(H,18,19). The Labute approximate surface area is 111 Å². The summed E-state index contributed by atoms with van der Waals surface area (Å²) in [6, 6.07) is 11.7. The van der Waals surface area contributed by atoms with Crippen LogP contribution in [0.15, 0.2) is 42.7 Å².